The number of nitrogens with zero attached hydrogens (tertiary/aromatic N) is 1. The summed E-state index contributed by atoms with van der Waals surface area (Å²) >= 11 is 0. The first-order valence-electron chi connectivity index (χ1n) is 6.04. The highest BCUT2D eigenvalue weighted by molar-refractivity contribution is 5.88. The maximum atomic E-state index is 11.6. The van der Waals surface area contributed by atoms with E-state index in [0.29, 0.717) is 13.2 Å². The van der Waals surface area contributed by atoms with Gasteiger partial charge >= 0.3 is 6.09 Å². The molecule has 4 nitrogen and oxygen atoms in total. The molecule has 17 heavy (non-hydrogen) atoms. The van der Waals surface area contributed by atoms with Crippen LogP contribution in [0.1, 0.15) is 18.4 Å². The lowest BCUT2D eigenvalue weighted by molar-refractivity contribution is 0.140. The molecule has 2 rings (SSSR count). The average molecular weight is 234 g/mol. The van der Waals surface area contributed by atoms with Crippen LogP contribution in [0.4, 0.5) is 10.5 Å². The van der Waals surface area contributed by atoms with E-state index in [1.807, 2.05) is 18.2 Å². The standard InChI is InChI=1S/C13H18N2O2/c14-7-2-5-11-4-1-6-12(10-11)15-8-3-9-17-13(15)16/h1,4,6,10H,2-3,5,7-9,14H2. The minimum absolute atomic E-state index is 0.243. The molecule has 1 aromatic rings. The van der Waals surface area contributed by atoms with Crippen LogP contribution < -0.4 is 10.6 Å². The van der Waals surface area contributed by atoms with Gasteiger partial charge < -0.3 is 10.5 Å². The fourth-order valence-corrected chi connectivity index (χ4v) is 1.97. The van der Waals surface area contributed by atoms with Crippen LogP contribution in [0, 0.1) is 0 Å². The van der Waals surface area contributed by atoms with Crippen LogP contribution in [-0.2, 0) is 11.2 Å². The molecule has 0 spiro atoms. The summed E-state index contributed by atoms with van der Waals surface area (Å²) in [7, 11) is 0. The lowest BCUT2D eigenvalue weighted by atomic mass is 10.1. The Morgan fingerprint density at radius 1 is 1.41 bits per heavy atom. The van der Waals surface area contributed by atoms with E-state index in [2.05, 4.69) is 6.07 Å². The third-order valence-corrected chi connectivity index (χ3v) is 2.86. The Labute approximate surface area is 101 Å². The van der Waals surface area contributed by atoms with Crippen LogP contribution in [0.2, 0.25) is 0 Å². The van der Waals surface area contributed by atoms with E-state index in [1.54, 1.807) is 4.90 Å². The number of benzene rings is 1. The number of nitrogens with two attached hydrogens (primary N) is 1. The summed E-state index contributed by atoms with van der Waals surface area (Å²) in [5, 5.41) is 0. The lowest BCUT2D eigenvalue weighted by Gasteiger charge is -2.26. The summed E-state index contributed by atoms with van der Waals surface area (Å²) in [5.41, 5.74) is 7.63. The minimum Gasteiger partial charge on any atom is -0.449 e. The van der Waals surface area contributed by atoms with Crippen LogP contribution >= 0.6 is 0 Å². The van der Waals surface area contributed by atoms with Gasteiger partial charge in [-0.2, -0.15) is 0 Å². The predicted molar refractivity (Wildman–Crippen MR) is 67.1 cm³/mol. The van der Waals surface area contributed by atoms with E-state index in [9.17, 15) is 4.79 Å². The SMILES string of the molecule is NCCCc1cccc(N2CCCOC2=O)c1. The van der Waals surface area contributed by atoms with Crippen LogP contribution in [-0.4, -0.2) is 25.8 Å². The molecule has 1 heterocycles. The maximum absolute atomic E-state index is 11.6. The molecule has 0 bridgehead atoms. The molecule has 0 atom stereocenters. The lowest BCUT2D eigenvalue weighted by Crippen LogP contribution is -2.37. The summed E-state index contributed by atoms with van der Waals surface area (Å²) in [6, 6.07) is 8.03. The summed E-state index contributed by atoms with van der Waals surface area (Å²) < 4.78 is 5.03. The van der Waals surface area contributed by atoms with Crippen molar-refractivity contribution in [2.24, 2.45) is 5.73 Å². The van der Waals surface area contributed by atoms with Gasteiger partial charge in [-0.1, -0.05) is 12.1 Å². The molecular weight excluding hydrogens is 216 g/mol. The van der Waals surface area contributed by atoms with Crippen LogP contribution in [0.15, 0.2) is 24.3 Å². The van der Waals surface area contributed by atoms with Crippen molar-refractivity contribution in [1.29, 1.82) is 0 Å². The first-order chi connectivity index (χ1) is 8.31. The molecule has 0 saturated carbocycles. The Morgan fingerprint density at radius 2 is 2.29 bits per heavy atom. The fourth-order valence-electron chi connectivity index (χ4n) is 1.97. The van der Waals surface area contributed by atoms with Gasteiger partial charge in [0.1, 0.15) is 0 Å². The van der Waals surface area contributed by atoms with Gasteiger partial charge in [0.05, 0.1) is 6.61 Å². The van der Waals surface area contributed by atoms with E-state index in [-0.39, 0.29) is 6.09 Å². The Balaban J connectivity index is 2.11. The topological polar surface area (TPSA) is 55.6 Å². The van der Waals surface area contributed by atoms with Gasteiger partial charge in [0.15, 0.2) is 0 Å². The predicted octanol–water partition coefficient (Wildman–Crippen LogP) is 1.92. The van der Waals surface area contributed by atoms with Crippen molar-refractivity contribution in [3.05, 3.63) is 29.8 Å². The van der Waals surface area contributed by atoms with Gasteiger partial charge in [-0.25, -0.2) is 4.79 Å². The number of cyclic esters (lactones) is 1. The number of anilines is 1. The molecule has 1 aliphatic heterocycles. The highest BCUT2D eigenvalue weighted by Gasteiger charge is 2.21. The van der Waals surface area contributed by atoms with E-state index in [1.165, 1.54) is 5.56 Å². The quantitative estimate of drug-likeness (QED) is 0.866. The third-order valence-electron chi connectivity index (χ3n) is 2.86. The van der Waals surface area contributed by atoms with E-state index in [0.717, 1.165) is 31.5 Å². The molecule has 1 aliphatic rings. The number of rotatable bonds is 4. The van der Waals surface area contributed by atoms with Crippen LogP contribution in [0.25, 0.3) is 0 Å². The molecule has 0 unspecified atom stereocenters. The number of carbonyl (C=O) groups excluding carboxylic acids is 1. The van der Waals surface area contributed by atoms with Gasteiger partial charge in [-0.15, -0.1) is 0 Å². The largest absolute Gasteiger partial charge is 0.449 e. The Hall–Kier alpha value is -1.55. The first kappa shape index (κ1) is 11.9. The van der Waals surface area contributed by atoms with Gasteiger partial charge in [0.25, 0.3) is 0 Å². The molecule has 1 aromatic carbocycles. The van der Waals surface area contributed by atoms with Crippen molar-refractivity contribution in [3.63, 3.8) is 0 Å². The van der Waals surface area contributed by atoms with Crippen molar-refractivity contribution in [2.75, 3.05) is 24.6 Å². The molecule has 2 N–H and O–H groups in total. The summed E-state index contributed by atoms with van der Waals surface area (Å²) in [5.74, 6) is 0. The summed E-state index contributed by atoms with van der Waals surface area (Å²) in [6.07, 6.45) is 2.56. The Kier molecular flexibility index (Phi) is 3.98. The van der Waals surface area contributed by atoms with Gasteiger partial charge in [0, 0.05) is 12.2 Å². The zero-order valence-corrected chi connectivity index (χ0v) is 9.89. The van der Waals surface area contributed by atoms with Crippen molar-refractivity contribution in [2.45, 2.75) is 19.3 Å². The van der Waals surface area contributed by atoms with E-state index >= 15 is 0 Å². The molecule has 1 saturated heterocycles. The van der Waals surface area contributed by atoms with Crippen LogP contribution in [0.5, 0.6) is 0 Å². The van der Waals surface area contributed by atoms with Crippen molar-refractivity contribution in [1.82, 2.24) is 0 Å². The zero-order valence-electron chi connectivity index (χ0n) is 9.89. The second-order valence-corrected chi connectivity index (χ2v) is 4.18. The molecule has 92 valence electrons. The number of hydrogen-bond acceptors (Lipinski definition) is 3. The minimum atomic E-state index is -0.243. The number of amides is 1. The molecule has 0 radical (unpaired) electrons. The van der Waals surface area contributed by atoms with Gasteiger partial charge in [-0.3, -0.25) is 4.90 Å². The molecule has 4 heteroatoms. The first-order valence-corrected chi connectivity index (χ1v) is 6.04. The molecule has 1 amide bonds. The van der Waals surface area contributed by atoms with Crippen molar-refractivity contribution >= 4 is 11.8 Å². The molecule has 0 aliphatic carbocycles. The number of carbonyl (C=O) groups is 1. The third kappa shape index (κ3) is 2.97. The Morgan fingerprint density at radius 3 is 3.06 bits per heavy atom. The fraction of sp³-hybridized carbons (Fsp3) is 0.462. The average Bonchev–Trinajstić information content (AvgIpc) is 2.37. The van der Waals surface area contributed by atoms with Gasteiger partial charge in [0.2, 0.25) is 0 Å². The summed E-state index contributed by atoms with van der Waals surface area (Å²) in [4.78, 5) is 13.3. The smallest absolute Gasteiger partial charge is 0.414 e. The molecule has 1 fully saturated rings. The Bertz CT molecular complexity index is 393. The van der Waals surface area contributed by atoms with Crippen LogP contribution in [0.3, 0.4) is 0 Å². The normalized spacial score (nSPS) is 15.8. The van der Waals surface area contributed by atoms with E-state index < -0.39 is 0 Å². The number of ether oxygens (including phenoxy) is 1. The highest BCUT2D eigenvalue weighted by atomic mass is 16.6. The highest BCUT2D eigenvalue weighted by Crippen LogP contribution is 2.20. The monoisotopic (exact) mass is 234 g/mol. The van der Waals surface area contributed by atoms with Crippen molar-refractivity contribution in [3.8, 4) is 0 Å². The number of aryl methyl sites for hydroxylation is 1. The second kappa shape index (κ2) is 5.68. The number of hydrogen-bond donors (Lipinski definition) is 1. The van der Waals surface area contributed by atoms with Crippen molar-refractivity contribution < 1.29 is 9.53 Å². The van der Waals surface area contributed by atoms with Gasteiger partial charge in [-0.05, 0) is 43.5 Å². The second-order valence-electron chi connectivity index (χ2n) is 4.18. The van der Waals surface area contributed by atoms with E-state index in [4.69, 9.17) is 10.5 Å². The maximum Gasteiger partial charge on any atom is 0.414 e. The molecular formula is C13H18N2O2. The summed E-state index contributed by atoms with van der Waals surface area (Å²) in [6.45, 7) is 1.96. The molecule has 0 aromatic heterocycles. The zero-order chi connectivity index (χ0) is 12.1.